The van der Waals surface area contributed by atoms with Crippen molar-refractivity contribution in [3.05, 3.63) is 21.8 Å². The van der Waals surface area contributed by atoms with Crippen LogP contribution in [0.4, 0.5) is 0 Å². The van der Waals surface area contributed by atoms with E-state index in [0.717, 1.165) is 10.4 Å². The molecule has 2 heterocycles. The highest BCUT2D eigenvalue weighted by Crippen LogP contribution is 2.26. The zero-order valence-electron chi connectivity index (χ0n) is 8.27. The predicted octanol–water partition coefficient (Wildman–Crippen LogP) is 2.58. The number of thiophene rings is 1. The van der Waals surface area contributed by atoms with E-state index in [1.54, 1.807) is 18.4 Å². The lowest BCUT2D eigenvalue weighted by Gasteiger charge is -2.02. The van der Waals surface area contributed by atoms with Crippen molar-refractivity contribution in [1.82, 2.24) is 15.0 Å². The average Bonchev–Trinajstić information content (AvgIpc) is 2.63. The van der Waals surface area contributed by atoms with E-state index in [4.69, 9.17) is 17.0 Å². The number of methoxy groups -OCH3 is 1. The second-order valence-corrected chi connectivity index (χ2v) is 4.20. The number of nitrogens with zero attached hydrogens (tertiary/aromatic N) is 2. The molecule has 0 aliphatic rings. The number of nitrogens with one attached hydrogen (secondary N) is 1. The maximum atomic E-state index is 5.00. The molecule has 0 spiro atoms. The summed E-state index contributed by atoms with van der Waals surface area (Å²) in [4.78, 5) is 12.1. The average molecular weight is 239 g/mol. The molecule has 0 aromatic carbocycles. The van der Waals surface area contributed by atoms with Crippen molar-refractivity contribution in [1.29, 1.82) is 0 Å². The number of aryl methyl sites for hydroxylation is 1. The van der Waals surface area contributed by atoms with E-state index in [0.29, 0.717) is 11.8 Å². The maximum absolute atomic E-state index is 5.00. The molecule has 4 nitrogen and oxygen atoms in total. The van der Waals surface area contributed by atoms with Crippen molar-refractivity contribution >= 4 is 23.6 Å². The minimum Gasteiger partial charge on any atom is -0.468 e. The molecular formula is C9H9N3OS2. The van der Waals surface area contributed by atoms with Gasteiger partial charge in [0.1, 0.15) is 0 Å². The van der Waals surface area contributed by atoms with Crippen LogP contribution in [-0.2, 0) is 0 Å². The number of aromatic nitrogens is 3. The lowest BCUT2D eigenvalue weighted by molar-refractivity contribution is 0.378. The van der Waals surface area contributed by atoms with Crippen LogP contribution in [0.3, 0.4) is 0 Å². The molecule has 0 saturated heterocycles. The van der Waals surface area contributed by atoms with Crippen molar-refractivity contribution in [2.75, 3.05) is 7.11 Å². The summed E-state index contributed by atoms with van der Waals surface area (Å²) in [5.41, 5.74) is 1.16. The lowest BCUT2D eigenvalue weighted by Crippen LogP contribution is -1.97. The SMILES string of the molecule is COc1nc(=S)nc(-c2sccc2C)[nH]1. The third-order valence-electron chi connectivity index (χ3n) is 1.90. The normalized spacial score (nSPS) is 10.3. The molecule has 15 heavy (non-hydrogen) atoms. The van der Waals surface area contributed by atoms with E-state index in [9.17, 15) is 0 Å². The highest BCUT2D eigenvalue weighted by molar-refractivity contribution is 7.71. The molecule has 0 bridgehead atoms. The molecule has 0 saturated carbocycles. The molecule has 2 aromatic rings. The molecule has 2 rings (SSSR count). The number of aromatic amines is 1. The van der Waals surface area contributed by atoms with Crippen molar-refractivity contribution in [3.63, 3.8) is 0 Å². The Morgan fingerprint density at radius 2 is 2.27 bits per heavy atom. The molecule has 0 fully saturated rings. The fourth-order valence-corrected chi connectivity index (χ4v) is 2.23. The molecule has 2 aromatic heterocycles. The van der Waals surface area contributed by atoms with Gasteiger partial charge in [0.05, 0.1) is 12.0 Å². The second-order valence-electron chi connectivity index (χ2n) is 2.92. The van der Waals surface area contributed by atoms with Gasteiger partial charge >= 0.3 is 0 Å². The Balaban J connectivity index is 2.58. The summed E-state index contributed by atoms with van der Waals surface area (Å²) in [6.45, 7) is 2.03. The van der Waals surface area contributed by atoms with Crippen LogP contribution in [0.2, 0.25) is 0 Å². The van der Waals surface area contributed by atoms with Gasteiger partial charge in [0.25, 0.3) is 6.01 Å². The molecule has 0 aliphatic carbocycles. The Hall–Kier alpha value is -1.27. The van der Waals surface area contributed by atoms with Gasteiger partial charge in [0, 0.05) is 0 Å². The number of ether oxygens (including phenoxy) is 1. The third-order valence-corrected chi connectivity index (χ3v) is 3.11. The first-order valence-corrected chi connectivity index (χ1v) is 5.56. The molecule has 6 heteroatoms. The zero-order valence-corrected chi connectivity index (χ0v) is 9.91. The summed E-state index contributed by atoms with van der Waals surface area (Å²) < 4.78 is 5.29. The monoisotopic (exact) mass is 239 g/mol. The summed E-state index contributed by atoms with van der Waals surface area (Å²) in [6.07, 6.45) is 0. The molecular weight excluding hydrogens is 230 g/mol. The highest BCUT2D eigenvalue weighted by atomic mass is 32.1. The Kier molecular flexibility index (Phi) is 2.79. The first-order valence-electron chi connectivity index (χ1n) is 4.27. The number of hydrogen-bond acceptors (Lipinski definition) is 5. The Labute approximate surface area is 96.0 Å². The van der Waals surface area contributed by atoms with Crippen molar-refractivity contribution in [2.24, 2.45) is 0 Å². The van der Waals surface area contributed by atoms with Gasteiger partial charge in [-0.3, -0.25) is 4.98 Å². The largest absolute Gasteiger partial charge is 0.468 e. The molecule has 78 valence electrons. The van der Waals surface area contributed by atoms with Crippen LogP contribution in [0.15, 0.2) is 11.4 Å². The van der Waals surface area contributed by atoms with Gasteiger partial charge in [0.2, 0.25) is 4.77 Å². The van der Waals surface area contributed by atoms with E-state index in [2.05, 4.69) is 15.0 Å². The first kappa shape index (κ1) is 10.3. The number of rotatable bonds is 2. The van der Waals surface area contributed by atoms with Gasteiger partial charge in [-0.25, -0.2) is 0 Å². The van der Waals surface area contributed by atoms with E-state index < -0.39 is 0 Å². The van der Waals surface area contributed by atoms with Crippen molar-refractivity contribution in [3.8, 4) is 16.7 Å². The summed E-state index contributed by atoms with van der Waals surface area (Å²) >= 11 is 6.56. The Morgan fingerprint density at radius 3 is 2.87 bits per heavy atom. The summed E-state index contributed by atoms with van der Waals surface area (Å²) in [7, 11) is 1.54. The van der Waals surface area contributed by atoms with Gasteiger partial charge in [0.15, 0.2) is 5.82 Å². The molecule has 0 aliphatic heterocycles. The topological polar surface area (TPSA) is 50.8 Å². The molecule has 0 radical (unpaired) electrons. The van der Waals surface area contributed by atoms with Gasteiger partial charge in [-0.2, -0.15) is 9.97 Å². The van der Waals surface area contributed by atoms with Crippen LogP contribution in [0.1, 0.15) is 5.56 Å². The summed E-state index contributed by atoms with van der Waals surface area (Å²) in [6, 6.07) is 2.42. The molecule has 0 unspecified atom stereocenters. The standard InChI is InChI=1S/C9H9N3OS2/c1-5-3-4-15-6(5)7-10-8(13-2)12-9(14)11-7/h3-4H,1-2H3,(H,10,11,12,14). The Morgan fingerprint density at radius 1 is 1.47 bits per heavy atom. The predicted molar refractivity (Wildman–Crippen MR) is 61.8 cm³/mol. The fraction of sp³-hybridized carbons (Fsp3) is 0.222. The van der Waals surface area contributed by atoms with Crippen molar-refractivity contribution < 1.29 is 4.74 Å². The molecule has 1 N–H and O–H groups in total. The number of H-pyrrole nitrogens is 1. The van der Waals surface area contributed by atoms with Crippen LogP contribution < -0.4 is 4.74 Å². The van der Waals surface area contributed by atoms with Gasteiger partial charge < -0.3 is 4.74 Å². The zero-order chi connectivity index (χ0) is 10.8. The smallest absolute Gasteiger partial charge is 0.297 e. The fourth-order valence-electron chi connectivity index (χ4n) is 1.18. The van der Waals surface area contributed by atoms with Gasteiger partial charge in [-0.1, -0.05) is 0 Å². The first-order chi connectivity index (χ1) is 7.20. The van der Waals surface area contributed by atoms with E-state index >= 15 is 0 Å². The van der Waals surface area contributed by atoms with Gasteiger partial charge in [-0.05, 0) is 36.2 Å². The van der Waals surface area contributed by atoms with Crippen LogP contribution in [0.25, 0.3) is 10.7 Å². The van der Waals surface area contributed by atoms with Gasteiger partial charge in [-0.15, -0.1) is 11.3 Å². The summed E-state index contributed by atoms with van der Waals surface area (Å²) in [5, 5.41) is 2.01. The quantitative estimate of drug-likeness (QED) is 0.818. The van der Waals surface area contributed by atoms with Crippen LogP contribution in [-0.4, -0.2) is 22.1 Å². The number of hydrogen-bond donors (Lipinski definition) is 1. The van der Waals surface area contributed by atoms with E-state index in [1.807, 2.05) is 18.4 Å². The van der Waals surface area contributed by atoms with Crippen molar-refractivity contribution in [2.45, 2.75) is 6.92 Å². The van der Waals surface area contributed by atoms with Crippen LogP contribution >= 0.6 is 23.6 Å². The minimum atomic E-state index is 0.286. The van der Waals surface area contributed by atoms with Crippen LogP contribution in [0, 0.1) is 11.7 Å². The highest BCUT2D eigenvalue weighted by Gasteiger charge is 2.07. The second kappa shape index (κ2) is 4.08. The van der Waals surface area contributed by atoms with Crippen LogP contribution in [0.5, 0.6) is 6.01 Å². The minimum absolute atomic E-state index is 0.286. The van der Waals surface area contributed by atoms with E-state index in [1.165, 1.54) is 0 Å². The maximum Gasteiger partial charge on any atom is 0.297 e. The Bertz CT molecular complexity index is 532. The molecule has 0 amide bonds. The molecule has 0 atom stereocenters. The lowest BCUT2D eigenvalue weighted by atomic mass is 10.3. The van der Waals surface area contributed by atoms with E-state index in [-0.39, 0.29) is 4.77 Å². The third kappa shape index (κ3) is 2.05. The summed E-state index contributed by atoms with van der Waals surface area (Å²) in [5.74, 6) is 0.708.